The molecule has 1 aromatic carbocycles. The van der Waals surface area contributed by atoms with E-state index in [0.717, 1.165) is 25.4 Å². The van der Waals surface area contributed by atoms with Gasteiger partial charge in [0.25, 0.3) is 0 Å². The van der Waals surface area contributed by atoms with Gasteiger partial charge in [-0.25, -0.2) is 0 Å². The number of nitrogens with one attached hydrogen (secondary N) is 1. The Hall–Kier alpha value is -1.06. The second kappa shape index (κ2) is 8.28. The molecule has 0 aliphatic carbocycles. The van der Waals surface area contributed by atoms with Crippen molar-refractivity contribution in [1.29, 1.82) is 0 Å². The molecule has 1 rings (SSSR count). The highest BCUT2D eigenvalue weighted by atomic mass is 16.5. The van der Waals surface area contributed by atoms with Crippen molar-refractivity contribution in [3.8, 4) is 5.75 Å². The van der Waals surface area contributed by atoms with Gasteiger partial charge in [0, 0.05) is 12.1 Å². The summed E-state index contributed by atoms with van der Waals surface area (Å²) in [6.45, 7) is 9.86. The first-order valence-electron chi connectivity index (χ1n) is 7.47. The molecule has 1 N–H and O–H groups in total. The lowest BCUT2D eigenvalue weighted by Gasteiger charge is -2.21. The van der Waals surface area contributed by atoms with Gasteiger partial charge < -0.3 is 15.0 Å². The summed E-state index contributed by atoms with van der Waals surface area (Å²) in [5.41, 5.74) is 1.57. The second-order valence-corrected chi connectivity index (χ2v) is 6.47. The molecule has 0 amide bonds. The van der Waals surface area contributed by atoms with E-state index in [9.17, 15) is 0 Å². The summed E-state index contributed by atoms with van der Waals surface area (Å²) in [5, 5.41) is 3.53. The number of benzene rings is 1. The summed E-state index contributed by atoms with van der Waals surface area (Å²) in [7, 11) is 3.88. The third-order valence-corrected chi connectivity index (χ3v) is 3.23. The SMILES string of the molecule is COc1ccc(CN(C)CCCCNC(C)(C)C)cc1. The van der Waals surface area contributed by atoms with Crippen molar-refractivity contribution in [2.45, 2.75) is 45.7 Å². The Morgan fingerprint density at radius 3 is 2.30 bits per heavy atom. The van der Waals surface area contributed by atoms with E-state index in [1.165, 1.54) is 18.4 Å². The van der Waals surface area contributed by atoms with Crippen LogP contribution in [0.4, 0.5) is 0 Å². The largest absolute Gasteiger partial charge is 0.497 e. The first kappa shape index (κ1) is 17.0. The molecule has 0 aliphatic rings. The third kappa shape index (κ3) is 7.51. The van der Waals surface area contributed by atoms with Gasteiger partial charge in [-0.1, -0.05) is 12.1 Å². The zero-order chi connectivity index (χ0) is 15.0. The maximum atomic E-state index is 5.17. The zero-order valence-corrected chi connectivity index (χ0v) is 13.7. The van der Waals surface area contributed by atoms with Crippen molar-refractivity contribution in [3.05, 3.63) is 29.8 Å². The fraction of sp³-hybridized carbons (Fsp3) is 0.647. The highest BCUT2D eigenvalue weighted by Gasteiger charge is 2.07. The van der Waals surface area contributed by atoms with E-state index in [-0.39, 0.29) is 5.54 Å². The van der Waals surface area contributed by atoms with Crippen molar-refractivity contribution < 1.29 is 4.74 Å². The molecule has 1 aromatic rings. The fourth-order valence-corrected chi connectivity index (χ4v) is 2.09. The number of rotatable bonds is 8. The van der Waals surface area contributed by atoms with E-state index in [1.807, 2.05) is 12.1 Å². The topological polar surface area (TPSA) is 24.5 Å². The lowest BCUT2D eigenvalue weighted by Crippen LogP contribution is -2.36. The van der Waals surface area contributed by atoms with Crippen LogP contribution in [-0.4, -0.2) is 37.7 Å². The Morgan fingerprint density at radius 2 is 1.75 bits per heavy atom. The molecule has 0 bridgehead atoms. The highest BCUT2D eigenvalue weighted by Crippen LogP contribution is 2.12. The molecule has 0 atom stereocenters. The van der Waals surface area contributed by atoms with E-state index >= 15 is 0 Å². The summed E-state index contributed by atoms with van der Waals surface area (Å²) in [4.78, 5) is 2.37. The minimum Gasteiger partial charge on any atom is -0.497 e. The van der Waals surface area contributed by atoms with E-state index in [0.29, 0.717) is 0 Å². The van der Waals surface area contributed by atoms with Crippen LogP contribution < -0.4 is 10.1 Å². The Bertz CT molecular complexity index is 368. The molecule has 0 saturated carbocycles. The maximum absolute atomic E-state index is 5.17. The zero-order valence-electron chi connectivity index (χ0n) is 13.7. The van der Waals surface area contributed by atoms with Crippen LogP contribution in [0.25, 0.3) is 0 Å². The molecule has 0 aromatic heterocycles. The number of ether oxygens (including phenoxy) is 1. The Balaban J connectivity index is 2.18. The molecular formula is C17H30N2O. The van der Waals surface area contributed by atoms with E-state index in [2.05, 4.69) is 50.2 Å². The van der Waals surface area contributed by atoms with Crippen molar-refractivity contribution in [3.63, 3.8) is 0 Å². The Kier molecular flexibility index (Phi) is 7.03. The monoisotopic (exact) mass is 278 g/mol. The predicted molar refractivity (Wildman–Crippen MR) is 86.3 cm³/mol. The lowest BCUT2D eigenvalue weighted by molar-refractivity contribution is 0.313. The summed E-state index contributed by atoms with van der Waals surface area (Å²) in [6, 6.07) is 8.32. The summed E-state index contributed by atoms with van der Waals surface area (Å²) in [6.07, 6.45) is 2.46. The van der Waals surface area contributed by atoms with Crippen LogP contribution in [0.2, 0.25) is 0 Å². The smallest absolute Gasteiger partial charge is 0.118 e. The Labute approximate surface area is 124 Å². The van der Waals surface area contributed by atoms with Gasteiger partial charge in [-0.3, -0.25) is 0 Å². The quantitative estimate of drug-likeness (QED) is 0.738. The van der Waals surface area contributed by atoms with Crippen molar-refractivity contribution in [2.24, 2.45) is 0 Å². The first-order chi connectivity index (χ1) is 9.40. The maximum Gasteiger partial charge on any atom is 0.118 e. The lowest BCUT2D eigenvalue weighted by atomic mass is 10.1. The van der Waals surface area contributed by atoms with Crippen LogP contribution in [-0.2, 0) is 6.54 Å². The average molecular weight is 278 g/mol. The van der Waals surface area contributed by atoms with Crippen LogP contribution in [0.5, 0.6) is 5.75 Å². The first-order valence-corrected chi connectivity index (χ1v) is 7.47. The van der Waals surface area contributed by atoms with Gasteiger partial charge in [0.1, 0.15) is 5.75 Å². The molecule has 3 heteroatoms. The number of hydrogen-bond donors (Lipinski definition) is 1. The fourth-order valence-electron chi connectivity index (χ4n) is 2.09. The molecule has 114 valence electrons. The van der Waals surface area contributed by atoms with E-state index in [1.54, 1.807) is 7.11 Å². The van der Waals surface area contributed by atoms with Crippen molar-refractivity contribution in [1.82, 2.24) is 10.2 Å². The summed E-state index contributed by atoms with van der Waals surface area (Å²) >= 11 is 0. The van der Waals surface area contributed by atoms with Crippen molar-refractivity contribution >= 4 is 0 Å². The number of nitrogens with zero attached hydrogens (tertiary/aromatic N) is 1. The van der Waals surface area contributed by atoms with Crippen LogP contribution in [0.3, 0.4) is 0 Å². The molecular weight excluding hydrogens is 248 g/mol. The minimum absolute atomic E-state index is 0.231. The molecule has 0 fully saturated rings. The normalized spacial score (nSPS) is 11.9. The standard InChI is InChI=1S/C17H30N2O/c1-17(2,3)18-12-6-7-13-19(4)14-15-8-10-16(20-5)11-9-15/h8-11,18H,6-7,12-14H2,1-5H3. The van der Waals surface area contributed by atoms with Crippen LogP contribution in [0, 0.1) is 0 Å². The van der Waals surface area contributed by atoms with Gasteiger partial charge in [0.05, 0.1) is 7.11 Å². The molecule has 0 spiro atoms. The molecule has 0 unspecified atom stereocenters. The summed E-state index contributed by atoms with van der Waals surface area (Å²) < 4.78 is 5.17. The van der Waals surface area contributed by atoms with Gasteiger partial charge in [-0.05, 0) is 71.4 Å². The van der Waals surface area contributed by atoms with Gasteiger partial charge in [0.15, 0.2) is 0 Å². The molecule has 0 heterocycles. The van der Waals surface area contributed by atoms with E-state index in [4.69, 9.17) is 4.74 Å². The number of methoxy groups -OCH3 is 1. The van der Waals surface area contributed by atoms with Gasteiger partial charge in [-0.2, -0.15) is 0 Å². The van der Waals surface area contributed by atoms with Crippen LogP contribution >= 0.6 is 0 Å². The highest BCUT2D eigenvalue weighted by molar-refractivity contribution is 5.26. The number of unbranched alkanes of at least 4 members (excludes halogenated alkanes) is 1. The second-order valence-electron chi connectivity index (χ2n) is 6.47. The molecule has 0 saturated heterocycles. The van der Waals surface area contributed by atoms with Gasteiger partial charge in [0.2, 0.25) is 0 Å². The minimum atomic E-state index is 0.231. The van der Waals surface area contributed by atoms with Crippen molar-refractivity contribution in [2.75, 3.05) is 27.2 Å². The van der Waals surface area contributed by atoms with Crippen LogP contribution in [0.15, 0.2) is 24.3 Å². The third-order valence-electron chi connectivity index (χ3n) is 3.23. The summed E-state index contributed by atoms with van der Waals surface area (Å²) in [5.74, 6) is 0.921. The van der Waals surface area contributed by atoms with E-state index < -0.39 is 0 Å². The molecule has 3 nitrogen and oxygen atoms in total. The molecule has 20 heavy (non-hydrogen) atoms. The van der Waals surface area contributed by atoms with Gasteiger partial charge in [-0.15, -0.1) is 0 Å². The Morgan fingerprint density at radius 1 is 1.10 bits per heavy atom. The molecule has 0 radical (unpaired) electrons. The van der Waals surface area contributed by atoms with Gasteiger partial charge >= 0.3 is 0 Å². The average Bonchev–Trinajstić information content (AvgIpc) is 2.38. The van der Waals surface area contributed by atoms with Crippen LogP contribution in [0.1, 0.15) is 39.2 Å². The molecule has 0 aliphatic heterocycles. The predicted octanol–water partition coefficient (Wildman–Crippen LogP) is 3.30. The number of hydrogen-bond acceptors (Lipinski definition) is 3.